The Labute approximate surface area is 208 Å². The Hall–Kier alpha value is -2.29. The van der Waals surface area contributed by atoms with Crippen molar-refractivity contribution in [2.45, 2.75) is 117 Å². The van der Waals surface area contributed by atoms with E-state index >= 15 is 0 Å². The van der Waals surface area contributed by atoms with Gasteiger partial charge in [0.05, 0.1) is 0 Å². The van der Waals surface area contributed by atoms with Gasteiger partial charge in [0.2, 0.25) is 0 Å². The van der Waals surface area contributed by atoms with Gasteiger partial charge in [-0.05, 0) is 48.9 Å². The van der Waals surface area contributed by atoms with E-state index in [9.17, 15) is 4.79 Å². The fourth-order valence-electron chi connectivity index (χ4n) is 4.37. The molecule has 0 unspecified atom stereocenters. The third-order valence-electron chi connectivity index (χ3n) is 6.43. The number of rotatable bonds is 18. The first-order valence-corrected chi connectivity index (χ1v) is 13.8. The molecule has 0 atom stereocenters. The number of unbranched alkanes of at least 4 members (excludes halogenated alkanes) is 12. The van der Waals surface area contributed by atoms with Gasteiger partial charge in [-0.1, -0.05) is 127 Å². The monoisotopic (exact) mass is 466 g/mol. The van der Waals surface area contributed by atoms with Crippen molar-refractivity contribution in [3.63, 3.8) is 0 Å². The van der Waals surface area contributed by atoms with E-state index in [-0.39, 0.29) is 0 Å². The molecule has 0 N–H and O–H groups in total. The Morgan fingerprint density at radius 3 is 1.29 bits per heavy atom. The summed E-state index contributed by atoms with van der Waals surface area (Å²) in [6, 6.07) is 15.7. The summed E-state index contributed by atoms with van der Waals surface area (Å²) in [7, 11) is 0. The van der Waals surface area contributed by atoms with Crippen LogP contribution in [0.1, 0.15) is 115 Å². The van der Waals surface area contributed by atoms with E-state index in [0.717, 1.165) is 36.8 Å². The van der Waals surface area contributed by atoms with Gasteiger partial charge >= 0.3 is 6.16 Å². The molecule has 2 aromatic rings. The largest absolute Gasteiger partial charge is 0.519 e. The minimum atomic E-state index is -0.654. The summed E-state index contributed by atoms with van der Waals surface area (Å²) >= 11 is 0. The number of aryl methyl sites for hydroxylation is 2. The first kappa shape index (κ1) is 28.0. The Morgan fingerprint density at radius 2 is 0.882 bits per heavy atom. The van der Waals surface area contributed by atoms with Gasteiger partial charge < -0.3 is 9.47 Å². The molecule has 0 saturated heterocycles. The second kappa shape index (κ2) is 18.1. The maximum Gasteiger partial charge on any atom is 0.519 e. The lowest BCUT2D eigenvalue weighted by atomic mass is 10.0. The highest BCUT2D eigenvalue weighted by molar-refractivity contribution is 5.68. The molecule has 0 aliphatic heterocycles. The first-order chi connectivity index (χ1) is 16.7. The van der Waals surface area contributed by atoms with E-state index in [1.165, 1.54) is 77.0 Å². The quantitative estimate of drug-likeness (QED) is 0.125. The molecule has 3 nitrogen and oxygen atoms in total. The van der Waals surface area contributed by atoms with Crippen LogP contribution < -0.4 is 9.47 Å². The van der Waals surface area contributed by atoms with E-state index in [4.69, 9.17) is 9.47 Å². The van der Waals surface area contributed by atoms with Crippen molar-refractivity contribution in [3.8, 4) is 11.5 Å². The lowest BCUT2D eigenvalue weighted by Gasteiger charge is -2.12. The molecule has 34 heavy (non-hydrogen) atoms. The molecule has 0 aliphatic rings. The van der Waals surface area contributed by atoms with Crippen LogP contribution in [0.15, 0.2) is 48.5 Å². The Morgan fingerprint density at radius 1 is 0.529 bits per heavy atom. The van der Waals surface area contributed by atoms with Crippen LogP contribution in [0.5, 0.6) is 11.5 Å². The second-order valence-electron chi connectivity index (χ2n) is 9.41. The SMILES string of the molecule is CCCCCCCCCc1ccccc1OC(=O)Oc1ccccc1CCCCCCCCC. The number of benzene rings is 2. The van der Waals surface area contributed by atoms with Gasteiger partial charge in [-0.25, -0.2) is 4.79 Å². The molecule has 0 aliphatic carbocycles. The molecule has 0 heterocycles. The summed E-state index contributed by atoms with van der Waals surface area (Å²) in [6.45, 7) is 4.49. The molecule has 2 rings (SSSR count). The standard InChI is InChI=1S/C31H46O3/c1-3-5-7-9-11-13-15-21-27-23-17-19-25-29(27)33-31(32)34-30-26-20-18-24-28(30)22-16-14-12-10-8-6-4-2/h17-20,23-26H,3-16,21-22H2,1-2H3. The Balaban J connectivity index is 1.79. The Kier molecular flexibility index (Phi) is 14.9. The fraction of sp³-hybridized carbons (Fsp3) is 0.581. The minimum absolute atomic E-state index is 0.614. The summed E-state index contributed by atoms with van der Waals surface area (Å²) < 4.78 is 11.3. The summed E-state index contributed by atoms with van der Waals surface area (Å²) in [5.41, 5.74) is 2.15. The predicted molar refractivity (Wildman–Crippen MR) is 143 cm³/mol. The summed E-state index contributed by atoms with van der Waals surface area (Å²) in [6.07, 6.45) is 18.9. The van der Waals surface area contributed by atoms with Crippen LogP contribution in [0, 0.1) is 0 Å². The van der Waals surface area contributed by atoms with Gasteiger partial charge in [0.1, 0.15) is 11.5 Å². The van der Waals surface area contributed by atoms with Crippen molar-refractivity contribution >= 4 is 6.16 Å². The van der Waals surface area contributed by atoms with Crippen LogP contribution in [-0.2, 0) is 12.8 Å². The molecule has 0 spiro atoms. The van der Waals surface area contributed by atoms with Gasteiger partial charge in [-0.2, -0.15) is 0 Å². The van der Waals surface area contributed by atoms with E-state index in [2.05, 4.69) is 13.8 Å². The van der Waals surface area contributed by atoms with E-state index in [0.29, 0.717) is 11.5 Å². The van der Waals surface area contributed by atoms with Gasteiger partial charge in [0.25, 0.3) is 0 Å². The van der Waals surface area contributed by atoms with Gasteiger partial charge in [-0.3, -0.25) is 0 Å². The third kappa shape index (κ3) is 11.7. The number of carbonyl (C=O) groups is 1. The van der Waals surface area contributed by atoms with Crippen LogP contribution in [0.4, 0.5) is 4.79 Å². The van der Waals surface area contributed by atoms with Crippen LogP contribution in [-0.4, -0.2) is 6.16 Å². The normalized spacial score (nSPS) is 10.9. The maximum atomic E-state index is 12.6. The van der Waals surface area contributed by atoms with Gasteiger partial charge in [0, 0.05) is 0 Å². The van der Waals surface area contributed by atoms with Crippen molar-refractivity contribution in [2.24, 2.45) is 0 Å². The second-order valence-corrected chi connectivity index (χ2v) is 9.41. The molecule has 0 aromatic heterocycles. The zero-order valence-electron chi connectivity index (χ0n) is 21.7. The van der Waals surface area contributed by atoms with Crippen molar-refractivity contribution in [1.29, 1.82) is 0 Å². The van der Waals surface area contributed by atoms with Crippen molar-refractivity contribution in [3.05, 3.63) is 59.7 Å². The molecular formula is C31H46O3. The summed E-state index contributed by atoms with van der Waals surface area (Å²) in [4.78, 5) is 12.6. The van der Waals surface area contributed by atoms with Gasteiger partial charge in [0.15, 0.2) is 0 Å². The summed E-state index contributed by atoms with van der Waals surface area (Å²) in [5, 5.41) is 0. The van der Waals surface area contributed by atoms with Crippen molar-refractivity contribution < 1.29 is 14.3 Å². The number of hydrogen-bond acceptors (Lipinski definition) is 3. The highest BCUT2D eigenvalue weighted by atomic mass is 16.7. The van der Waals surface area contributed by atoms with Crippen molar-refractivity contribution in [1.82, 2.24) is 0 Å². The molecule has 0 bridgehead atoms. The zero-order valence-corrected chi connectivity index (χ0v) is 21.7. The molecule has 0 amide bonds. The smallest absolute Gasteiger partial charge is 0.394 e. The highest BCUT2D eigenvalue weighted by Gasteiger charge is 2.13. The molecular weight excluding hydrogens is 420 g/mol. The number of carbonyl (C=O) groups excluding carboxylic acids is 1. The van der Waals surface area contributed by atoms with E-state index in [1.54, 1.807) is 0 Å². The molecule has 0 radical (unpaired) electrons. The lowest BCUT2D eigenvalue weighted by Crippen LogP contribution is -2.15. The summed E-state index contributed by atoms with van der Waals surface area (Å²) in [5.74, 6) is 1.23. The molecule has 2 aromatic carbocycles. The fourth-order valence-corrected chi connectivity index (χ4v) is 4.37. The number of para-hydroxylation sites is 2. The van der Waals surface area contributed by atoms with E-state index < -0.39 is 6.16 Å². The van der Waals surface area contributed by atoms with E-state index in [1.807, 2.05) is 48.5 Å². The maximum absolute atomic E-state index is 12.6. The van der Waals surface area contributed by atoms with Crippen LogP contribution in [0.25, 0.3) is 0 Å². The third-order valence-corrected chi connectivity index (χ3v) is 6.43. The highest BCUT2D eigenvalue weighted by Crippen LogP contribution is 2.24. The zero-order chi connectivity index (χ0) is 24.3. The van der Waals surface area contributed by atoms with Gasteiger partial charge in [-0.15, -0.1) is 0 Å². The lowest BCUT2D eigenvalue weighted by molar-refractivity contribution is 0.151. The molecule has 3 heteroatoms. The number of hydrogen-bond donors (Lipinski definition) is 0. The van der Waals surface area contributed by atoms with Crippen LogP contribution in [0.3, 0.4) is 0 Å². The first-order valence-electron chi connectivity index (χ1n) is 13.8. The van der Waals surface area contributed by atoms with Crippen LogP contribution >= 0.6 is 0 Å². The molecule has 188 valence electrons. The molecule has 0 saturated carbocycles. The average molecular weight is 467 g/mol. The predicted octanol–water partition coefficient (Wildman–Crippen LogP) is 9.85. The minimum Gasteiger partial charge on any atom is -0.394 e. The topological polar surface area (TPSA) is 35.5 Å². The number of ether oxygens (including phenoxy) is 2. The van der Waals surface area contributed by atoms with Crippen LogP contribution in [0.2, 0.25) is 0 Å². The average Bonchev–Trinajstić information content (AvgIpc) is 2.85. The Bertz CT molecular complexity index is 733. The molecule has 0 fully saturated rings. The van der Waals surface area contributed by atoms with Crippen molar-refractivity contribution in [2.75, 3.05) is 0 Å².